The predicted molar refractivity (Wildman–Crippen MR) is 64.0 cm³/mol. The number of hydrogen-bond acceptors (Lipinski definition) is 2. The van der Waals surface area contributed by atoms with Crippen LogP contribution in [0.3, 0.4) is 0 Å². The first kappa shape index (κ1) is 12.2. The van der Waals surface area contributed by atoms with Gasteiger partial charge in [0.15, 0.2) is 0 Å². The Kier molecular flexibility index (Phi) is 6.05. The van der Waals surface area contributed by atoms with Crippen molar-refractivity contribution in [3.63, 3.8) is 0 Å². The minimum Gasteiger partial charge on any atom is -0.385 e. The Morgan fingerprint density at radius 1 is 1.27 bits per heavy atom. The van der Waals surface area contributed by atoms with E-state index >= 15 is 0 Å². The van der Waals surface area contributed by atoms with Gasteiger partial charge in [-0.05, 0) is 24.9 Å². The van der Waals surface area contributed by atoms with Crippen molar-refractivity contribution in [3.05, 3.63) is 35.9 Å². The summed E-state index contributed by atoms with van der Waals surface area (Å²) in [5, 5.41) is 3.50. The van der Waals surface area contributed by atoms with Crippen LogP contribution in [0.2, 0.25) is 0 Å². The molecule has 0 aromatic heterocycles. The summed E-state index contributed by atoms with van der Waals surface area (Å²) in [4.78, 5) is 0. The molecule has 0 saturated heterocycles. The summed E-state index contributed by atoms with van der Waals surface area (Å²) in [7, 11) is 1.75. The van der Waals surface area contributed by atoms with Gasteiger partial charge in [-0.15, -0.1) is 0 Å². The van der Waals surface area contributed by atoms with Crippen molar-refractivity contribution in [1.82, 2.24) is 5.32 Å². The van der Waals surface area contributed by atoms with Gasteiger partial charge in [-0.1, -0.05) is 37.3 Å². The van der Waals surface area contributed by atoms with E-state index in [-0.39, 0.29) is 0 Å². The molecular formula is C13H21NO. The van der Waals surface area contributed by atoms with Gasteiger partial charge in [-0.3, -0.25) is 0 Å². The van der Waals surface area contributed by atoms with Gasteiger partial charge >= 0.3 is 0 Å². The SMILES string of the molecule is CCNC(CCCOC)c1ccccc1. The van der Waals surface area contributed by atoms with Gasteiger partial charge in [-0.2, -0.15) is 0 Å². The summed E-state index contributed by atoms with van der Waals surface area (Å²) in [6, 6.07) is 11.1. The number of hydrogen-bond donors (Lipinski definition) is 1. The molecular weight excluding hydrogens is 186 g/mol. The van der Waals surface area contributed by atoms with E-state index in [9.17, 15) is 0 Å². The van der Waals surface area contributed by atoms with Crippen LogP contribution in [-0.2, 0) is 4.74 Å². The summed E-state index contributed by atoms with van der Waals surface area (Å²) in [6.07, 6.45) is 2.23. The maximum Gasteiger partial charge on any atom is 0.0462 e. The molecule has 0 fully saturated rings. The first-order valence-corrected chi connectivity index (χ1v) is 5.65. The monoisotopic (exact) mass is 207 g/mol. The van der Waals surface area contributed by atoms with Crippen LogP contribution in [0.25, 0.3) is 0 Å². The molecule has 15 heavy (non-hydrogen) atoms. The zero-order valence-electron chi connectivity index (χ0n) is 9.70. The molecule has 84 valence electrons. The highest BCUT2D eigenvalue weighted by atomic mass is 16.5. The molecule has 0 radical (unpaired) electrons. The smallest absolute Gasteiger partial charge is 0.0462 e. The molecule has 0 heterocycles. The van der Waals surface area contributed by atoms with Crippen molar-refractivity contribution in [2.75, 3.05) is 20.3 Å². The molecule has 1 aromatic rings. The second-order valence-electron chi connectivity index (χ2n) is 3.66. The number of rotatable bonds is 7. The van der Waals surface area contributed by atoms with E-state index in [2.05, 4.69) is 42.6 Å². The van der Waals surface area contributed by atoms with Gasteiger partial charge in [-0.25, -0.2) is 0 Å². The van der Waals surface area contributed by atoms with E-state index in [4.69, 9.17) is 4.74 Å². The van der Waals surface area contributed by atoms with Gasteiger partial charge in [0.05, 0.1) is 0 Å². The fraction of sp³-hybridized carbons (Fsp3) is 0.538. The second-order valence-corrected chi connectivity index (χ2v) is 3.66. The van der Waals surface area contributed by atoms with Crippen LogP contribution in [-0.4, -0.2) is 20.3 Å². The number of ether oxygens (including phenoxy) is 1. The molecule has 0 amide bonds. The quantitative estimate of drug-likeness (QED) is 0.694. The minimum absolute atomic E-state index is 0.464. The third-order valence-electron chi connectivity index (χ3n) is 2.49. The van der Waals surface area contributed by atoms with E-state index in [1.165, 1.54) is 5.56 Å². The van der Waals surface area contributed by atoms with Gasteiger partial charge in [0.1, 0.15) is 0 Å². The van der Waals surface area contributed by atoms with Crippen LogP contribution >= 0.6 is 0 Å². The lowest BCUT2D eigenvalue weighted by atomic mass is 10.0. The van der Waals surface area contributed by atoms with Crippen LogP contribution in [0.4, 0.5) is 0 Å². The Morgan fingerprint density at radius 3 is 2.60 bits per heavy atom. The van der Waals surface area contributed by atoms with Crippen LogP contribution < -0.4 is 5.32 Å². The molecule has 2 nitrogen and oxygen atoms in total. The molecule has 0 bridgehead atoms. The molecule has 1 aromatic carbocycles. The average molecular weight is 207 g/mol. The molecule has 0 aliphatic carbocycles. The third-order valence-corrected chi connectivity index (χ3v) is 2.49. The maximum atomic E-state index is 5.08. The first-order valence-electron chi connectivity index (χ1n) is 5.65. The normalized spacial score (nSPS) is 12.7. The lowest BCUT2D eigenvalue weighted by Gasteiger charge is -2.18. The topological polar surface area (TPSA) is 21.3 Å². The van der Waals surface area contributed by atoms with Crippen molar-refractivity contribution in [2.24, 2.45) is 0 Å². The Labute approximate surface area is 92.6 Å². The molecule has 1 N–H and O–H groups in total. The van der Waals surface area contributed by atoms with Crippen molar-refractivity contribution in [3.8, 4) is 0 Å². The molecule has 1 rings (SSSR count). The number of benzene rings is 1. The lowest BCUT2D eigenvalue weighted by molar-refractivity contribution is 0.189. The van der Waals surface area contributed by atoms with E-state index in [1.807, 2.05) is 0 Å². The standard InChI is InChI=1S/C13H21NO/c1-3-14-13(10-7-11-15-2)12-8-5-4-6-9-12/h4-6,8-9,13-14H,3,7,10-11H2,1-2H3. The molecule has 0 saturated carbocycles. The lowest BCUT2D eigenvalue weighted by Crippen LogP contribution is -2.21. The maximum absolute atomic E-state index is 5.08. The number of methoxy groups -OCH3 is 1. The molecule has 1 atom stereocenters. The zero-order chi connectivity index (χ0) is 10.9. The average Bonchev–Trinajstić information content (AvgIpc) is 2.29. The molecule has 0 aliphatic rings. The second kappa shape index (κ2) is 7.43. The highest BCUT2D eigenvalue weighted by Crippen LogP contribution is 2.17. The predicted octanol–water partition coefficient (Wildman–Crippen LogP) is 2.76. The van der Waals surface area contributed by atoms with Gasteiger partial charge in [0.25, 0.3) is 0 Å². The Bertz CT molecular complexity index is 248. The molecule has 0 spiro atoms. The van der Waals surface area contributed by atoms with Crippen LogP contribution in [0.15, 0.2) is 30.3 Å². The highest BCUT2D eigenvalue weighted by Gasteiger charge is 2.08. The fourth-order valence-corrected chi connectivity index (χ4v) is 1.75. The van der Waals surface area contributed by atoms with Crippen LogP contribution in [0.1, 0.15) is 31.4 Å². The molecule has 1 unspecified atom stereocenters. The van der Waals surface area contributed by atoms with E-state index in [0.29, 0.717) is 6.04 Å². The summed E-state index contributed by atoms with van der Waals surface area (Å²) in [6.45, 7) is 3.99. The van der Waals surface area contributed by atoms with E-state index in [0.717, 1.165) is 26.0 Å². The summed E-state index contributed by atoms with van der Waals surface area (Å²) >= 11 is 0. The van der Waals surface area contributed by atoms with Crippen molar-refractivity contribution in [2.45, 2.75) is 25.8 Å². The van der Waals surface area contributed by atoms with Crippen LogP contribution in [0, 0.1) is 0 Å². The largest absolute Gasteiger partial charge is 0.385 e. The summed E-state index contributed by atoms with van der Waals surface area (Å²) < 4.78 is 5.08. The highest BCUT2D eigenvalue weighted by molar-refractivity contribution is 5.18. The summed E-state index contributed by atoms with van der Waals surface area (Å²) in [5.74, 6) is 0. The van der Waals surface area contributed by atoms with Gasteiger partial charge < -0.3 is 10.1 Å². The van der Waals surface area contributed by atoms with E-state index < -0.39 is 0 Å². The van der Waals surface area contributed by atoms with Crippen molar-refractivity contribution >= 4 is 0 Å². The van der Waals surface area contributed by atoms with E-state index in [1.54, 1.807) is 7.11 Å². The molecule has 0 aliphatic heterocycles. The van der Waals surface area contributed by atoms with Crippen molar-refractivity contribution in [1.29, 1.82) is 0 Å². The third kappa shape index (κ3) is 4.45. The molecule has 2 heteroatoms. The Hall–Kier alpha value is -0.860. The fourth-order valence-electron chi connectivity index (χ4n) is 1.75. The first-order chi connectivity index (χ1) is 7.38. The Morgan fingerprint density at radius 2 is 2.00 bits per heavy atom. The van der Waals surface area contributed by atoms with Gasteiger partial charge in [0.2, 0.25) is 0 Å². The minimum atomic E-state index is 0.464. The van der Waals surface area contributed by atoms with Crippen LogP contribution in [0.5, 0.6) is 0 Å². The summed E-state index contributed by atoms with van der Waals surface area (Å²) in [5.41, 5.74) is 1.37. The Balaban J connectivity index is 2.50. The number of nitrogens with one attached hydrogen (secondary N) is 1. The zero-order valence-corrected chi connectivity index (χ0v) is 9.70. The van der Waals surface area contributed by atoms with Gasteiger partial charge in [0, 0.05) is 19.8 Å². The van der Waals surface area contributed by atoms with Crippen molar-refractivity contribution < 1.29 is 4.74 Å².